The molecule has 7 heteroatoms. The summed E-state index contributed by atoms with van der Waals surface area (Å²) in [4.78, 5) is 13.9. The number of nitrogen functional groups attached to an aromatic ring is 1. The fourth-order valence-electron chi connectivity index (χ4n) is 2.50. The molecule has 1 aromatic rings. The Morgan fingerprint density at radius 2 is 2.14 bits per heavy atom. The van der Waals surface area contributed by atoms with E-state index in [2.05, 4.69) is 5.32 Å². The van der Waals surface area contributed by atoms with Gasteiger partial charge >= 0.3 is 0 Å². The molecule has 4 N–H and O–H groups in total. The molecule has 5 nitrogen and oxygen atoms in total. The number of anilines is 2. The van der Waals surface area contributed by atoms with E-state index in [0.29, 0.717) is 27.3 Å². The zero-order valence-electron chi connectivity index (χ0n) is 11.8. The van der Waals surface area contributed by atoms with Gasteiger partial charge in [-0.1, -0.05) is 23.2 Å². The number of nitrogens with one attached hydrogen (secondary N) is 1. The highest BCUT2D eigenvalue weighted by Crippen LogP contribution is 2.32. The molecular weight excluding hydrogens is 313 g/mol. The molecule has 1 aliphatic rings. The van der Waals surface area contributed by atoms with E-state index in [9.17, 15) is 9.90 Å². The lowest BCUT2D eigenvalue weighted by atomic mass is 9.82. The Kier molecular flexibility index (Phi) is 5.32. The van der Waals surface area contributed by atoms with Gasteiger partial charge in [0.1, 0.15) is 0 Å². The molecule has 1 amide bonds. The summed E-state index contributed by atoms with van der Waals surface area (Å²) in [6, 6.07) is 3.08. The van der Waals surface area contributed by atoms with E-state index >= 15 is 0 Å². The number of carbonyl (C=O) groups excluding carboxylic acids is 1. The summed E-state index contributed by atoms with van der Waals surface area (Å²) in [7, 11) is 1.87. The highest BCUT2D eigenvalue weighted by Gasteiger charge is 2.28. The zero-order chi connectivity index (χ0) is 15.6. The van der Waals surface area contributed by atoms with Crippen LogP contribution in [0.2, 0.25) is 10.0 Å². The molecule has 1 fully saturated rings. The third kappa shape index (κ3) is 4.48. The van der Waals surface area contributed by atoms with Crippen molar-refractivity contribution in [1.29, 1.82) is 0 Å². The van der Waals surface area contributed by atoms with Gasteiger partial charge in [0.05, 0.1) is 29.0 Å². The molecule has 0 aliphatic heterocycles. The highest BCUT2D eigenvalue weighted by atomic mass is 35.5. The van der Waals surface area contributed by atoms with Crippen LogP contribution in [-0.2, 0) is 4.79 Å². The maximum Gasteiger partial charge on any atom is 0.238 e. The molecular formula is C14H19Cl2N3O2. The molecule has 0 aromatic heterocycles. The van der Waals surface area contributed by atoms with Crippen LogP contribution in [0, 0.1) is 5.92 Å². The number of aliphatic hydroxyl groups is 1. The molecule has 0 unspecified atom stereocenters. The van der Waals surface area contributed by atoms with Crippen LogP contribution in [0.25, 0.3) is 0 Å². The SMILES string of the molecule is CN(CC(=O)Nc1c(N)cc(Cl)cc1Cl)CC1CC(O)C1. The standard InChI is InChI=1S/C14H19Cl2N3O2/c1-19(6-8-2-10(20)3-8)7-13(21)18-14-11(16)4-9(15)5-12(14)17/h4-5,8,10,20H,2-3,6-7,17H2,1H3,(H,18,21). The first kappa shape index (κ1) is 16.4. The van der Waals surface area contributed by atoms with Crippen LogP contribution in [0.1, 0.15) is 12.8 Å². The van der Waals surface area contributed by atoms with Crippen LogP contribution < -0.4 is 11.1 Å². The predicted octanol–water partition coefficient (Wildman–Crippen LogP) is 2.22. The molecule has 0 spiro atoms. The van der Waals surface area contributed by atoms with Gasteiger partial charge in [0, 0.05) is 11.6 Å². The van der Waals surface area contributed by atoms with Crippen molar-refractivity contribution >= 4 is 40.5 Å². The summed E-state index contributed by atoms with van der Waals surface area (Å²) in [5.74, 6) is 0.273. The predicted molar refractivity (Wildman–Crippen MR) is 85.7 cm³/mol. The van der Waals surface area contributed by atoms with E-state index in [1.54, 1.807) is 6.07 Å². The van der Waals surface area contributed by atoms with Gasteiger partial charge in [-0.15, -0.1) is 0 Å². The number of amides is 1. The average Bonchev–Trinajstić information content (AvgIpc) is 2.31. The number of carbonyl (C=O) groups is 1. The molecule has 116 valence electrons. The van der Waals surface area contributed by atoms with Gasteiger partial charge in [-0.2, -0.15) is 0 Å². The minimum absolute atomic E-state index is 0.176. The van der Waals surface area contributed by atoms with Crippen molar-refractivity contribution in [1.82, 2.24) is 4.90 Å². The van der Waals surface area contributed by atoms with Gasteiger partial charge in [0.2, 0.25) is 5.91 Å². The third-order valence-electron chi connectivity index (χ3n) is 3.54. The molecule has 1 aromatic carbocycles. The number of aliphatic hydroxyl groups excluding tert-OH is 1. The Morgan fingerprint density at radius 3 is 2.71 bits per heavy atom. The van der Waals surface area contributed by atoms with Gasteiger partial charge in [0.15, 0.2) is 0 Å². The van der Waals surface area contributed by atoms with Crippen LogP contribution in [0.3, 0.4) is 0 Å². The fourth-order valence-corrected chi connectivity index (χ4v) is 3.06. The van der Waals surface area contributed by atoms with Crippen LogP contribution >= 0.6 is 23.2 Å². The first-order valence-corrected chi connectivity index (χ1v) is 7.51. The number of likely N-dealkylation sites (N-methyl/N-ethyl adjacent to an activating group) is 1. The first-order valence-electron chi connectivity index (χ1n) is 6.76. The average molecular weight is 332 g/mol. The van der Waals surface area contributed by atoms with Crippen LogP contribution in [0.15, 0.2) is 12.1 Å². The van der Waals surface area contributed by atoms with Crippen molar-refractivity contribution in [3.05, 3.63) is 22.2 Å². The van der Waals surface area contributed by atoms with Crippen molar-refractivity contribution < 1.29 is 9.90 Å². The number of hydrogen-bond acceptors (Lipinski definition) is 4. The van der Waals surface area contributed by atoms with Crippen molar-refractivity contribution in [3.8, 4) is 0 Å². The Balaban J connectivity index is 1.87. The van der Waals surface area contributed by atoms with Gasteiger partial charge in [-0.25, -0.2) is 0 Å². The second-order valence-corrected chi connectivity index (χ2v) is 6.43. The van der Waals surface area contributed by atoms with E-state index in [0.717, 1.165) is 19.4 Å². The molecule has 1 saturated carbocycles. The van der Waals surface area contributed by atoms with Gasteiger partial charge in [-0.3, -0.25) is 9.69 Å². The Bertz CT molecular complexity index is 510. The maximum atomic E-state index is 12.0. The molecule has 21 heavy (non-hydrogen) atoms. The number of nitrogens with two attached hydrogens (primary N) is 1. The van der Waals surface area contributed by atoms with Gasteiger partial charge in [0.25, 0.3) is 0 Å². The summed E-state index contributed by atoms with van der Waals surface area (Å²) in [5, 5.41) is 12.7. The summed E-state index contributed by atoms with van der Waals surface area (Å²) in [6.07, 6.45) is 1.44. The monoisotopic (exact) mass is 331 g/mol. The maximum absolute atomic E-state index is 12.0. The summed E-state index contributed by atoms with van der Waals surface area (Å²) >= 11 is 11.9. The molecule has 0 saturated heterocycles. The van der Waals surface area contributed by atoms with E-state index < -0.39 is 0 Å². The number of nitrogens with zero attached hydrogens (tertiary/aromatic N) is 1. The molecule has 0 heterocycles. The topological polar surface area (TPSA) is 78.6 Å². The number of halogens is 2. The number of rotatable bonds is 5. The zero-order valence-corrected chi connectivity index (χ0v) is 13.3. The second kappa shape index (κ2) is 6.83. The van der Waals surface area contributed by atoms with Crippen LogP contribution in [-0.4, -0.2) is 42.2 Å². The lowest BCUT2D eigenvalue weighted by Gasteiger charge is -2.34. The molecule has 0 radical (unpaired) electrons. The van der Waals surface area contributed by atoms with Crippen LogP contribution in [0.5, 0.6) is 0 Å². The lowest BCUT2D eigenvalue weighted by molar-refractivity contribution is -0.117. The highest BCUT2D eigenvalue weighted by molar-refractivity contribution is 6.37. The summed E-state index contributed by atoms with van der Waals surface area (Å²) in [6.45, 7) is 1.03. The fraction of sp³-hybridized carbons (Fsp3) is 0.500. The van der Waals surface area contributed by atoms with E-state index in [-0.39, 0.29) is 18.6 Å². The molecule has 0 atom stereocenters. The van der Waals surface area contributed by atoms with Crippen molar-refractivity contribution in [2.24, 2.45) is 5.92 Å². The van der Waals surface area contributed by atoms with Crippen molar-refractivity contribution in [2.75, 3.05) is 31.2 Å². The Labute approximate surface area is 134 Å². The van der Waals surface area contributed by atoms with Crippen LogP contribution in [0.4, 0.5) is 11.4 Å². The lowest BCUT2D eigenvalue weighted by Crippen LogP contribution is -2.40. The number of hydrogen-bond donors (Lipinski definition) is 3. The smallest absolute Gasteiger partial charge is 0.238 e. The Morgan fingerprint density at radius 1 is 1.48 bits per heavy atom. The summed E-state index contributed by atoms with van der Waals surface area (Å²) < 4.78 is 0. The van der Waals surface area contributed by atoms with E-state index in [1.807, 2.05) is 11.9 Å². The minimum Gasteiger partial charge on any atom is -0.397 e. The normalized spacial score (nSPS) is 21.2. The van der Waals surface area contributed by atoms with Gasteiger partial charge in [-0.05, 0) is 37.9 Å². The Hall–Kier alpha value is -1.01. The minimum atomic E-state index is -0.187. The summed E-state index contributed by atoms with van der Waals surface area (Å²) in [5.41, 5.74) is 6.53. The molecule has 1 aliphatic carbocycles. The van der Waals surface area contributed by atoms with Gasteiger partial charge < -0.3 is 16.2 Å². The van der Waals surface area contributed by atoms with Crippen molar-refractivity contribution in [3.63, 3.8) is 0 Å². The van der Waals surface area contributed by atoms with E-state index in [1.165, 1.54) is 6.07 Å². The van der Waals surface area contributed by atoms with Crippen molar-refractivity contribution in [2.45, 2.75) is 18.9 Å². The molecule has 0 bridgehead atoms. The second-order valence-electron chi connectivity index (χ2n) is 5.59. The largest absolute Gasteiger partial charge is 0.397 e. The molecule has 2 rings (SSSR count). The quantitative estimate of drug-likeness (QED) is 0.723. The van der Waals surface area contributed by atoms with E-state index in [4.69, 9.17) is 28.9 Å². The first-order chi connectivity index (χ1) is 9.85. The number of benzene rings is 1. The third-order valence-corrected chi connectivity index (χ3v) is 4.06.